The minimum atomic E-state index is -0.342. The highest BCUT2D eigenvalue weighted by atomic mass is 16.5. The van der Waals surface area contributed by atoms with Crippen LogP contribution in [0.5, 0.6) is 11.5 Å². The van der Waals surface area contributed by atoms with E-state index in [4.69, 9.17) is 14.2 Å². The first kappa shape index (κ1) is 22.8. The van der Waals surface area contributed by atoms with Gasteiger partial charge in [0.1, 0.15) is 17.2 Å². The van der Waals surface area contributed by atoms with Gasteiger partial charge in [-0.05, 0) is 24.1 Å². The number of hydrogen-bond acceptors (Lipinski definition) is 7. The molecule has 1 saturated heterocycles. The maximum Gasteiger partial charge on any atom is 0.278 e. The van der Waals surface area contributed by atoms with Gasteiger partial charge in [-0.1, -0.05) is 30.3 Å². The number of imide groups is 1. The maximum absolute atomic E-state index is 13.4. The fourth-order valence-corrected chi connectivity index (χ4v) is 4.09. The maximum atomic E-state index is 13.4. The van der Waals surface area contributed by atoms with Gasteiger partial charge >= 0.3 is 0 Å². The third-order valence-electron chi connectivity index (χ3n) is 5.86. The first-order chi connectivity index (χ1) is 16.1. The topological polar surface area (TPSA) is 80.3 Å². The van der Waals surface area contributed by atoms with E-state index in [1.54, 1.807) is 32.4 Å². The molecule has 1 N–H and O–H groups in total. The summed E-state index contributed by atoms with van der Waals surface area (Å²) in [4.78, 5) is 30.4. The SMILES string of the molecule is COc1ccc(OC)c(NC2=C(c3ccccc3)C(=O)N(CCCN3CCOCC3)C2=O)c1. The molecule has 0 bridgehead atoms. The van der Waals surface area contributed by atoms with E-state index in [9.17, 15) is 9.59 Å². The Balaban J connectivity index is 1.60. The van der Waals surface area contributed by atoms with Crippen molar-refractivity contribution in [3.63, 3.8) is 0 Å². The average molecular weight is 452 g/mol. The fourth-order valence-electron chi connectivity index (χ4n) is 4.09. The molecule has 0 atom stereocenters. The van der Waals surface area contributed by atoms with Crippen molar-refractivity contribution >= 4 is 23.1 Å². The van der Waals surface area contributed by atoms with Gasteiger partial charge in [0.15, 0.2) is 0 Å². The number of nitrogens with one attached hydrogen (secondary N) is 1. The number of rotatable bonds is 9. The Bertz CT molecular complexity index is 1030. The lowest BCUT2D eigenvalue weighted by Gasteiger charge is -2.27. The Hall–Kier alpha value is -3.36. The molecule has 0 radical (unpaired) electrons. The van der Waals surface area contributed by atoms with E-state index in [2.05, 4.69) is 10.2 Å². The second-order valence-corrected chi connectivity index (χ2v) is 7.88. The molecule has 2 aromatic rings. The van der Waals surface area contributed by atoms with Crippen LogP contribution in [0.3, 0.4) is 0 Å². The van der Waals surface area contributed by atoms with E-state index in [-0.39, 0.29) is 17.5 Å². The van der Waals surface area contributed by atoms with Crippen molar-refractivity contribution < 1.29 is 23.8 Å². The molecular formula is C25H29N3O5. The molecule has 2 aliphatic rings. The zero-order chi connectivity index (χ0) is 23.2. The summed E-state index contributed by atoms with van der Waals surface area (Å²) in [6.07, 6.45) is 0.704. The molecule has 2 aliphatic heterocycles. The lowest BCUT2D eigenvalue weighted by molar-refractivity contribution is -0.136. The van der Waals surface area contributed by atoms with Gasteiger partial charge in [-0.3, -0.25) is 19.4 Å². The van der Waals surface area contributed by atoms with Gasteiger partial charge in [0, 0.05) is 32.2 Å². The van der Waals surface area contributed by atoms with Crippen molar-refractivity contribution in [3.05, 3.63) is 59.8 Å². The van der Waals surface area contributed by atoms with Crippen LogP contribution in [0.1, 0.15) is 12.0 Å². The monoisotopic (exact) mass is 451 g/mol. The van der Waals surface area contributed by atoms with Crippen molar-refractivity contribution in [3.8, 4) is 11.5 Å². The molecule has 8 heteroatoms. The van der Waals surface area contributed by atoms with E-state index >= 15 is 0 Å². The molecule has 2 amide bonds. The molecule has 33 heavy (non-hydrogen) atoms. The number of hydrogen-bond donors (Lipinski definition) is 1. The van der Waals surface area contributed by atoms with Crippen LogP contribution in [0.25, 0.3) is 5.57 Å². The number of nitrogens with zero attached hydrogens (tertiary/aromatic N) is 2. The predicted octanol–water partition coefficient (Wildman–Crippen LogP) is 2.62. The highest BCUT2D eigenvalue weighted by Gasteiger charge is 2.39. The second-order valence-electron chi connectivity index (χ2n) is 7.88. The van der Waals surface area contributed by atoms with Crippen molar-refractivity contribution in [2.75, 3.05) is 58.9 Å². The van der Waals surface area contributed by atoms with Crippen molar-refractivity contribution in [2.45, 2.75) is 6.42 Å². The summed E-state index contributed by atoms with van der Waals surface area (Å²) >= 11 is 0. The summed E-state index contributed by atoms with van der Waals surface area (Å²) in [5.41, 5.74) is 1.84. The first-order valence-corrected chi connectivity index (χ1v) is 11.1. The third-order valence-corrected chi connectivity index (χ3v) is 5.86. The number of benzene rings is 2. The predicted molar refractivity (Wildman–Crippen MR) is 125 cm³/mol. The van der Waals surface area contributed by atoms with Gasteiger partial charge in [-0.2, -0.15) is 0 Å². The quantitative estimate of drug-likeness (QED) is 0.587. The second kappa shape index (κ2) is 10.5. The molecule has 4 rings (SSSR count). The molecule has 8 nitrogen and oxygen atoms in total. The van der Waals surface area contributed by atoms with Gasteiger partial charge in [-0.15, -0.1) is 0 Å². The minimum Gasteiger partial charge on any atom is -0.497 e. The molecule has 174 valence electrons. The van der Waals surface area contributed by atoms with Crippen LogP contribution in [0.4, 0.5) is 5.69 Å². The van der Waals surface area contributed by atoms with Crippen LogP contribution in [-0.4, -0.2) is 75.2 Å². The van der Waals surface area contributed by atoms with Gasteiger partial charge in [0.25, 0.3) is 11.8 Å². The largest absolute Gasteiger partial charge is 0.497 e. The van der Waals surface area contributed by atoms with Gasteiger partial charge in [-0.25, -0.2) is 0 Å². The van der Waals surface area contributed by atoms with E-state index in [1.165, 1.54) is 4.90 Å². The van der Waals surface area contributed by atoms with Crippen LogP contribution in [0.15, 0.2) is 54.2 Å². The van der Waals surface area contributed by atoms with Gasteiger partial charge < -0.3 is 19.5 Å². The molecule has 0 saturated carbocycles. The standard InChI is InChI=1S/C25H29N3O5/c1-31-19-9-10-21(32-2)20(17-19)26-23-22(18-7-4-3-5-8-18)24(29)28(25(23)30)12-6-11-27-13-15-33-16-14-27/h3-5,7-10,17,26H,6,11-16H2,1-2H3. The van der Waals surface area contributed by atoms with E-state index in [0.29, 0.717) is 41.3 Å². The minimum absolute atomic E-state index is 0.240. The van der Waals surface area contributed by atoms with E-state index in [0.717, 1.165) is 32.8 Å². The summed E-state index contributed by atoms with van der Waals surface area (Å²) in [5.74, 6) is 0.518. The van der Waals surface area contributed by atoms with E-state index < -0.39 is 0 Å². The van der Waals surface area contributed by atoms with Crippen LogP contribution in [-0.2, 0) is 14.3 Å². The molecular weight excluding hydrogens is 422 g/mol. The van der Waals surface area contributed by atoms with Gasteiger partial charge in [0.05, 0.1) is 38.7 Å². The number of ether oxygens (including phenoxy) is 3. The number of anilines is 1. The molecule has 0 aliphatic carbocycles. The normalized spacial score (nSPS) is 17.0. The number of methoxy groups -OCH3 is 2. The smallest absolute Gasteiger partial charge is 0.278 e. The lowest BCUT2D eigenvalue weighted by atomic mass is 10.0. The summed E-state index contributed by atoms with van der Waals surface area (Å²) in [7, 11) is 3.12. The highest BCUT2D eigenvalue weighted by molar-refractivity contribution is 6.36. The summed E-state index contributed by atoms with van der Waals surface area (Å²) in [5, 5.41) is 3.17. The first-order valence-electron chi connectivity index (χ1n) is 11.1. The van der Waals surface area contributed by atoms with Crippen LogP contribution < -0.4 is 14.8 Å². The van der Waals surface area contributed by atoms with Crippen molar-refractivity contribution in [1.29, 1.82) is 0 Å². The van der Waals surface area contributed by atoms with Crippen molar-refractivity contribution in [1.82, 2.24) is 9.80 Å². The zero-order valence-electron chi connectivity index (χ0n) is 19.0. The fraction of sp³-hybridized carbons (Fsp3) is 0.360. The lowest BCUT2D eigenvalue weighted by Crippen LogP contribution is -2.39. The summed E-state index contributed by atoms with van der Waals surface area (Å²) in [6.45, 7) is 4.35. The van der Waals surface area contributed by atoms with Crippen LogP contribution in [0.2, 0.25) is 0 Å². The van der Waals surface area contributed by atoms with Gasteiger partial charge in [0.2, 0.25) is 0 Å². The number of morpholine rings is 1. The van der Waals surface area contributed by atoms with Crippen molar-refractivity contribution in [2.24, 2.45) is 0 Å². The Morgan fingerprint density at radius 1 is 0.939 bits per heavy atom. The van der Waals surface area contributed by atoms with Crippen LogP contribution in [0, 0.1) is 0 Å². The highest BCUT2D eigenvalue weighted by Crippen LogP contribution is 2.35. The molecule has 0 aromatic heterocycles. The number of carbonyl (C=O) groups is 2. The summed E-state index contributed by atoms with van der Waals surface area (Å²) in [6, 6.07) is 14.5. The summed E-state index contributed by atoms with van der Waals surface area (Å²) < 4.78 is 16.2. The Morgan fingerprint density at radius 3 is 2.39 bits per heavy atom. The number of amides is 2. The third kappa shape index (κ3) is 5.02. The molecule has 0 unspecified atom stereocenters. The Labute approximate surface area is 193 Å². The zero-order valence-corrected chi connectivity index (χ0v) is 19.0. The Kier molecular flexibility index (Phi) is 7.26. The molecule has 2 heterocycles. The molecule has 0 spiro atoms. The Morgan fingerprint density at radius 2 is 1.70 bits per heavy atom. The molecule has 1 fully saturated rings. The van der Waals surface area contributed by atoms with E-state index in [1.807, 2.05) is 30.3 Å². The van der Waals surface area contributed by atoms with Crippen LogP contribution >= 0.6 is 0 Å². The molecule has 2 aromatic carbocycles. The average Bonchev–Trinajstić information content (AvgIpc) is 3.09. The number of carbonyl (C=O) groups excluding carboxylic acids is 2.